The minimum atomic E-state index is -0.696. The largest absolute Gasteiger partial charge is 0.456 e. The Labute approximate surface area is 177 Å². The number of aryl methyl sites for hydroxylation is 1. The second kappa shape index (κ2) is 8.50. The summed E-state index contributed by atoms with van der Waals surface area (Å²) in [5, 5.41) is 5.42. The highest BCUT2D eigenvalue weighted by atomic mass is 32.1. The van der Waals surface area contributed by atoms with Crippen molar-refractivity contribution in [1.82, 2.24) is 14.8 Å². The van der Waals surface area contributed by atoms with E-state index in [-0.39, 0.29) is 11.7 Å². The molecule has 0 atom stereocenters. The maximum absolute atomic E-state index is 12.5. The van der Waals surface area contributed by atoms with Crippen molar-refractivity contribution in [2.24, 2.45) is 0 Å². The van der Waals surface area contributed by atoms with Crippen LogP contribution in [0.2, 0.25) is 0 Å². The molecule has 30 heavy (non-hydrogen) atoms. The first-order valence-corrected chi connectivity index (χ1v) is 10.3. The fourth-order valence-corrected chi connectivity index (χ4v) is 3.85. The third-order valence-electron chi connectivity index (χ3n) is 4.82. The van der Waals surface area contributed by atoms with E-state index in [9.17, 15) is 14.4 Å². The molecule has 0 aliphatic carbocycles. The molecule has 0 radical (unpaired) electrons. The van der Waals surface area contributed by atoms with Crippen LogP contribution in [0.5, 0.6) is 0 Å². The highest BCUT2D eigenvalue weighted by Gasteiger charge is 2.29. The number of hydrogen-bond acceptors (Lipinski definition) is 6. The van der Waals surface area contributed by atoms with E-state index in [1.54, 1.807) is 42.3 Å². The Morgan fingerprint density at radius 3 is 2.30 bits per heavy atom. The zero-order valence-electron chi connectivity index (χ0n) is 16.3. The number of thiazole rings is 1. The Kier molecular flexibility index (Phi) is 5.62. The van der Waals surface area contributed by atoms with E-state index in [1.807, 2.05) is 17.5 Å². The summed E-state index contributed by atoms with van der Waals surface area (Å²) in [5.74, 6) is -0.562. The van der Waals surface area contributed by atoms with Crippen LogP contribution in [0.3, 0.4) is 0 Å². The summed E-state index contributed by atoms with van der Waals surface area (Å²) >= 11 is 1.53. The topological polar surface area (TPSA) is 95.8 Å². The molecular weight excluding hydrogens is 404 g/mol. The van der Waals surface area contributed by atoms with Gasteiger partial charge in [-0.2, -0.15) is 0 Å². The molecule has 0 unspecified atom stereocenters. The molecule has 3 aromatic rings. The first kappa shape index (κ1) is 19.8. The molecule has 4 rings (SSSR count). The van der Waals surface area contributed by atoms with E-state index >= 15 is 0 Å². The Morgan fingerprint density at radius 2 is 1.70 bits per heavy atom. The molecule has 1 aliphatic heterocycles. The molecular formula is C21H20N4O4S. The Morgan fingerprint density at radius 1 is 1.00 bits per heavy atom. The van der Waals surface area contributed by atoms with Crippen LogP contribution in [0.15, 0.2) is 52.4 Å². The van der Waals surface area contributed by atoms with Crippen molar-refractivity contribution in [3.8, 4) is 10.6 Å². The average molecular weight is 424 g/mol. The van der Waals surface area contributed by atoms with Gasteiger partial charge in [-0.05, 0) is 43.3 Å². The lowest BCUT2D eigenvalue weighted by Gasteiger charge is -2.33. The van der Waals surface area contributed by atoms with E-state index < -0.39 is 11.8 Å². The van der Waals surface area contributed by atoms with Crippen LogP contribution in [0.1, 0.15) is 16.3 Å². The molecule has 154 valence electrons. The lowest BCUT2D eigenvalue weighted by Crippen LogP contribution is -2.52. The number of aromatic nitrogens is 1. The number of benzene rings is 1. The van der Waals surface area contributed by atoms with Crippen molar-refractivity contribution >= 4 is 34.7 Å². The van der Waals surface area contributed by atoms with Gasteiger partial charge < -0.3 is 19.5 Å². The minimum absolute atomic E-state index is 0.208. The predicted octanol–water partition coefficient (Wildman–Crippen LogP) is 2.63. The van der Waals surface area contributed by atoms with Gasteiger partial charge in [0.15, 0.2) is 5.76 Å². The van der Waals surface area contributed by atoms with Gasteiger partial charge in [-0.25, -0.2) is 4.98 Å². The zero-order chi connectivity index (χ0) is 21.1. The first-order chi connectivity index (χ1) is 14.5. The van der Waals surface area contributed by atoms with Crippen LogP contribution < -0.4 is 5.32 Å². The summed E-state index contributed by atoms with van der Waals surface area (Å²) in [6, 6.07) is 10.6. The van der Waals surface area contributed by atoms with E-state index in [4.69, 9.17) is 4.42 Å². The van der Waals surface area contributed by atoms with Gasteiger partial charge in [0.05, 0.1) is 0 Å². The van der Waals surface area contributed by atoms with E-state index in [2.05, 4.69) is 10.3 Å². The van der Waals surface area contributed by atoms with Crippen LogP contribution in [-0.2, 0) is 9.59 Å². The van der Waals surface area contributed by atoms with Crippen molar-refractivity contribution < 1.29 is 18.8 Å². The number of rotatable bonds is 3. The smallest absolute Gasteiger partial charge is 0.313 e. The Hall–Kier alpha value is -3.46. The second-order valence-corrected chi connectivity index (χ2v) is 7.76. The highest BCUT2D eigenvalue weighted by molar-refractivity contribution is 7.13. The summed E-state index contributed by atoms with van der Waals surface area (Å²) in [4.78, 5) is 44.6. The standard InChI is InChI=1S/C21H20N4O4S/c1-14-2-7-17(29-14)20(27)24-9-11-25(12-10-24)21(28)18(26)23-16-5-3-15(4-6-16)19-22-8-13-30-19/h2-8,13H,9-12H2,1H3,(H,23,26). The number of nitrogens with one attached hydrogen (secondary N) is 1. The van der Waals surface area contributed by atoms with Gasteiger partial charge in [0.2, 0.25) is 0 Å². The lowest BCUT2D eigenvalue weighted by atomic mass is 10.2. The molecule has 9 heteroatoms. The summed E-state index contributed by atoms with van der Waals surface area (Å²) in [5.41, 5.74) is 1.48. The lowest BCUT2D eigenvalue weighted by molar-refractivity contribution is -0.144. The van der Waals surface area contributed by atoms with Crippen molar-refractivity contribution in [2.45, 2.75) is 6.92 Å². The third-order valence-corrected chi connectivity index (χ3v) is 5.64. The van der Waals surface area contributed by atoms with Crippen molar-refractivity contribution in [3.63, 3.8) is 0 Å². The number of carbonyl (C=O) groups excluding carboxylic acids is 3. The van der Waals surface area contributed by atoms with Crippen LogP contribution in [0, 0.1) is 6.92 Å². The Balaban J connectivity index is 1.30. The molecule has 1 saturated heterocycles. The van der Waals surface area contributed by atoms with Gasteiger partial charge in [0.25, 0.3) is 5.91 Å². The van der Waals surface area contributed by atoms with Crippen LogP contribution in [-0.4, -0.2) is 58.7 Å². The summed E-state index contributed by atoms with van der Waals surface area (Å²) < 4.78 is 5.37. The highest BCUT2D eigenvalue weighted by Crippen LogP contribution is 2.23. The Bertz CT molecular complexity index is 1050. The van der Waals surface area contributed by atoms with Gasteiger partial charge in [-0.3, -0.25) is 14.4 Å². The summed E-state index contributed by atoms with van der Waals surface area (Å²) in [6.45, 7) is 3.06. The number of amides is 3. The van der Waals surface area contributed by atoms with E-state index in [1.165, 1.54) is 16.2 Å². The van der Waals surface area contributed by atoms with Crippen LogP contribution >= 0.6 is 11.3 Å². The van der Waals surface area contributed by atoms with Crippen LogP contribution in [0.25, 0.3) is 10.6 Å². The number of carbonyl (C=O) groups is 3. The van der Waals surface area contributed by atoms with E-state index in [0.29, 0.717) is 37.6 Å². The number of anilines is 1. The number of piperazine rings is 1. The average Bonchev–Trinajstić information content (AvgIpc) is 3.45. The van der Waals surface area contributed by atoms with E-state index in [0.717, 1.165) is 10.6 Å². The second-order valence-electron chi connectivity index (χ2n) is 6.86. The van der Waals surface area contributed by atoms with Crippen LogP contribution in [0.4, 0.5) is 5.69 Å². The molecule has 1 aromatic carbocycles. The predicted molar refractivity (Wildman–Crippen MR) is 112 cm³/mol. The van der Waals surface area contributed by atoms with Gasteiger partial charge in [0, 0.05) is 49.0 Å². The summed E-state index contributed by atoms with van der Waals surface area (Å²) in [6.07, 6.45) is 1.73. The normalized spacial score (nSPS) is 13.9. The number of hydrogen-bond donors (Lipinski definition) is 1. The van der Waals surface area contributed by atoms with Gasteiger partial charge >= 0.3 is 11.8 Å². The molecule has 3 amide bonds. The maximum Gasteiger partial charge on any atom is 0.313 e. The molecule has 1 aliphatic rings. The van der Waals surface area contributed by atoms with Gasteiger partial charge in [-0.15, -0.1) is 11.3 Å². The maximum atomic E-state index is 12.5. The van der Waals surface area contributed by atoms with Gasteiger partial charge in [-0.1, -0.05) is 0 Å². The zero-order valence-corrected chi connectivity index (χ0v) is 17.1. The fourth-order valence-electron chi connectivity index (χ4n) is 3.21. The van der Waals surface area contributed by atoms with Crippen molar-refractivity contribution in [2.75, 3.05) is 31.5 Å². The van der Waals surface area contributed by atoms with Crippen molar-refractivity contribution in [1.29, 1.82) is 0 Å². The quantitative estimate of drug-likeness (QED) is 0.652. The fraction of sp³-hybridized carbons (Fsp3) is 0.238. The molecule has 0 spiro atoms. The molecule has 2 aromatic heterocycles. The molecule has 0 bridgehead atoms. The number of furan rings is 1. The molecule has 3 heterocycles. The molecule has 0 saturated carbocycles. The summed E-state index contributed by atoms with van der Waals surface area (Å²) in [7, 11) is 0. The molecule has 8 nitrogen and oxygen atoms in total. The monoisotopic (exact) mass is 424 g/mol. The minimum Gasteiger partial charge on any atom is -0.456 e. The molecule has 1 fully saturated rings. The third kappa shape index (κ3) is 4.25. The molecule has 1 N–H and O–H groups in total. The van der Waals surface area contributed by atoms with Crippen molar-refractivity contribution in [3.05, 3.63) is 59.5 Å². The first-order valence-electron chi connectivity index (χ1n) is 9.47. The number of nitrogens with zero attached hydrogens (tertiary/aromatic N) is 3. The van der Waals surface area contributed by atoms with Gasteiger partial charge in [0.1, 0.15) is 10.8 Å². The SMILES string of the molecule is Cc1ccc(C(=O)N2CCN(C(=O)C(=O)Nc3ccc(-c4nccs4)cc3)CC2)o1.